The summed E-state index contributed by atoms with van der Waals surface area (Å²) in [5.41, 5.74) is 0. The minimum atomic E-state index is 0.291. The lowest BCUT2D eigenvalue weighted by atomic mass is 10.2. The molecule has 1 fully saturated rings. The van der Waals surface area contributed by atoms with Crippen LogP contribution in [0, 0.1) is 0 Å². The molecule has 0 radical (unpaired) electrons. The number of hydrogen-bond donors (Lipinski definition) is 1. The third kappa shape index (κ3) is 3.68. The van der Waals surface area contributed by atoms with Gasteiger partial charge in [-0.15, -0.1) is 11.3 Å². The summed E-state index contributed by atoms with van der Waals surface area (Å²) in [6, 6.07) is 0.800. The molecular formula is C14H25N3OS. The molecule has 3 atom stereocenters. The molecule has 1 saturated heterocycles. The molecule has 4 nitrogen and oxygen atoms in total. The van der Waals surface area contributed by atoms with Crippen LogP contribution in [0.3, 0.4) is 0 Å². The van der Waals surface area contributed by atoms with Crippen LogP contribution in [0.2, 0.25) is 0 Å². The number of nitrogens with one attached hydrogen (secondary N) is 1. The van der Waals surface area contributed by atoms with Crippen molar-refractivity contribution in [1.29, 1.82) is 0 Å². The molecule has 2 heterocycles. The van der Waals surface area contributed by atoms with E-state index in [0.29, 0.717) is 18.2 Å². The first kappa shape index (κ1) is 14.8. The molecule has 3 unspecified atom stereocenters. The van der Waals surface area contributed by atoms with Gasteiger partial charge in [-0.1, -0.05) is 6.92 Å². The van der Waals surface area contributed by atoms with E-state index in [0.717, 1.165) is 31.2 Å². The Labute approximate surface area is 120 Å². The lowest BCUT2D eigenvalue weighted by molar-refractivity contribution is 0.0343. The lowest BCUT2D eigenvalue weighted by Gasteiger charge is -2.36. The van der Waals surface area contributed by atoms with Crippen LogP contribution in [-0.2, 0) is 4.74 Å². The largest absolute Gasteiger partial charge is 0.375 e. The van der Waals surface area contributed by atoms with E-state index < -0.39 is 0 Å². The Balaban J connectivity index is 2.03. The highest BCUT2D eigenvalue weighted by atomic mass is 32.1. The molecule has 0 saturated carbocycles. The number of ether oxygens (including phenoxy) is 1. The molecule has 0 aliphatic carbocycles. The second-order valence-corrected chi connectivity index (χ2v) is 6.41. The van der Waals surface area contributed by atoms with Crippen LogP contribution in [0.1, 0.15) is 45.0 Å². The first-order valence-corrected chi connectivity index (χ1v) is 8.00. The summed E-state index contributed by atoms with van der Waals surface area (Å²) in [5, 5.41) is 4.64. The fourth-order valence-corrected chi connectivity index (χ4v) is 3.29. The maximum Gasteiger partial charge on any atom is 0.185 e. The Hall–Kier alpha value is -0.650. The van der Waals surface area contributed by atoms with Crippen molar-refractivity contribution in [3.05, 3.63) is 11.1 Å². The molecule has 19 heavy (non-hydrogen) atoms. The van der Waals surface area contributed by atoms with Gasteiger partial charge in [0.15, 0.2) is 5.13 Å². The van der Waals surface area contributed by atoms with Crippen molar-refractivity contribution in [2.45, 2.75) is 52.3 Å². The highest BCUT2D eigenvalue weighted by molar-refractivity contribution is 7.15. The van der Waals surface area contributed by atoms with Crippen molar-refractivity contribution in [1.82, 2.24) is 10.3 Å². The molecule has 1 N–H and O–H groups in total. The van der Waals surface area contributed by atoms with Gasteiger partial charge >= 0.3 is 0 Å². The van der Waals surface area contributed by atoms with Crippen LogP contribution >= 0.6 is 11.3 Å². The van der Waals surface area contributed by atoms with Gasteiger partial charge in [0.05, 0.1) is 18.8 Å². The fourth-order valence-electron chi connectivity index (χ4n) is 2.24. The normalized spacial score (nSPS) is 25.6. The van der Waals surface area contributed by atoms with E-state index in [-0.39, 0.29) is 0 Å². The van der Waals surface area contributed by atoms with E-state index in [1.807, 2.05) is 6.20 Å². The van der Waals surface area contributed by atoms with Gasteiger partial charge in [0.1, 0.15) is 0 Å². The number of morpholine rings is 1. The Bertz CT molecular complexity index is 396. The predicted octanol–water partition coefficient (Wildman–Crippen LogP) is 2.82. The molecule has 0 bridgehead atoms. The average Bonchev–Trinajstić information content (AvgIpc) is 2.88. The SMILES string of the molecule is CCCNC(C)c1cnc(N2CC(C)OCC2C)s1. The highest BCUT2D eigenvalue weighted by Crippen LogP contribution is 2.30. The van der Waals surface area contributed by atoms with E-state index in [1.54, 1.807) is 11.3 Å². The summed E-state index contributed by atoms with van der Waals surface area (Å²) >= 11 is 1.80. The molecular weight excluding hydrogens is 258 g/mol. The van der Waals surface area contributed by atoms with Crippen molar-refractivity contribution < 1.29 is 4.74 Å². The standard InChI is InChI=1S/C14H25N3OS/c1-5-6-15-12(4)13-7-16-14(19-13)17-8-11(3)18-9-10(17)2/h7,10-12,15H,5-6,8-9H2,1-4H3. The van der Waals surface area contributed by atoms with Gasteiger partial charge in [-0.05, 0) is 33.7 Å². The maximum absolute atomic E-state index is 5.67. The first-order chi connectivity index (χ1) is 9.11. The van der Waals surface area contributed by atoms with Gasteiger partial charge in [0.2, 0.25) is 0 Å². The summed E-state index contributed by atoms with van der Waals surface area (Å²) in [7, 11) is 0. The molecule has 0 aromatic carbocycles. The Kier molecular flexibility index (Phi) is 5.19. The summed E-state index contributed by atoms with van der Waals surface area (Å²) in [6.45, 7) is 11.5. The molecule has 0 amide bonds. The Morgan fingerprint density at radius 2 is 2.37 bits per heavy atom. The quantitative estimate of drug-likeness (QED) is 0.901. The minimum Gasteiger partial charge on any atom is -0.375 e. The minimum absolute atomic E-state index is 0.291. The zero-order valence-corrected chi connectivity index (χ0v) is 13.2. The second kappa shape index (κ2) is 6.68. The third-order valence-corrected chi connectivity index (χ3v) is 4.71. The molecule has 1 aromatic heterocycles. The van der Waals surface area contributed by atoms with Crippen molar-refractivity contribution in [2.24, 2.45) is 0 Å². The van der Waals surface area contributed by atoms with Crippen LogP contribution in [0.25, 0.3) is 0 Å². The van der Waals surface area contributed by atoms with E-state index >= 15 is 0 Å². The summed E-state index contributed by atoms with van der Waals surface area (Å²) < 4.78 is 5.67. The van der Waals surface area contributed by atoms with Crippen LogP contribution in [-0.4, -0.2) is 36.8 Å². The first-order valence-electron chi connectivity index (χ1n) is 7.19. The number of anilines is 1. The van der Waals surface area contributed by atoms with E-state index in [1.165, 1.54) is 4.88 Å². The molecule has 108 valence electrons. The number of rotatable bonds is 5. The molecule has 2 rings (SSSR count). The van der Waals surface area contributed by atoms with Gasteiger partial charge in [0.25, 0.3) is 0 Å². The molecule has 1 aromatic rings. The number of aromatic nitrogens is 1. The third-order valence-electron chi connectivity index (χ3n) is 3.49. The van der Waals surface area contributed by atoms with Crippen molar-refractivity contribution in [3.63, 3.8) is 0 Å². The zero-order valence-electron chi connectivity index (χ0n) is 12.3. The summed E-state index contributed by atoms with van der Waals surface area (Å²) in [6.07, 6.45) is 3.47. The predicted molar refractivity (Wildman–Crippen MR) is 81.0 cm³/mol. The van der Waals surface area contributed by atoms with Crippen molar-refractivity contribution in [2.75, 3.05) is 24.6 Å². The van der Waals surface area contributed by atoms with Crippen LogP contribution in [0.15, 0.2) is 6.20 Å². The summed E-state index contributed by atoms with van der Waals surface area (Å²) in [4.78, 5) is 8.29. The maximum atomic E-state index is 5.67. The van der Waals surface area contributed by atoms with E-state index in [9.17, 15) is 0 Å². The van der Waals surface area contributed by atoms with Gasteiger partial charge in [-0.3, -0.25) is 0 Å². The Morgan fingerprint density at radius 3 is 3.11 bits per heavy atom. The number of nitrogens with zero attached hydrogens (tertiary/aromatic N) is 2. The Morgan fingerprint density at radius 1 is 1.58 bits per heavy atom. The van der Waals surface area contributed by atoms with Crippen LogP contribution in [0.5, 0.6) is 0 Å². The highest BCUT2D eigenvalue weighted by Gasteiger charge is 2.26. The molecule has 1 aliphatic rings. The van der Waals surface area contributed by atoms with Gasteiger partial charge in [-0.25, -0.2) is 4.98 Å². The number of thiazole rings is 1. The molecule has 5 heteroatoms. The van der Waals surface area contributed by atoms with Gasteiger partial charge < -0.3 is 15.0 Å². The van der Waals surface area contributed by atoms with Crippen molar-refractivity contribution in [3.8, 4) is 0 Å². The van der Waals surface area contributed by atoms with Gasteiger partial charge in [-0.2, -0.15) is 0 Å². The number of hydrogen-bond acceptors (Lipinski definition) is 5. The smallest absolute Gasteiger partial charge is 0.185 e. The van der Waals surface area contributed by atoms with Gasteiger partial charge in [0, 0.05) is 23.7 Å². The monoisotopic (exact) mass is 283 g/mol. The van der Waals surface area contributed by atoms with Crippen LogP contribution in [0.4, 0.5) is 5.13 Å². The average molecular weight is 283 g/mol. The summed E-state index contributed by atoms with van der Waals surface area (Å²) in [5.74, 6) is 0. The van der Waals surface area contributed by atoms with E-state index in [4.69, 9.17) is 4.74 Å². The zero-order chi connectivity index (χ0) is 13.8. The topological polar surface area (TPSA) is 37.4 Å². The van der Waals surface area contributed by atoms with Crippen LogP contribution < -0.4 is 10.2 Å². The molecule has 0 spiro atoms. The van der Waals surface area contributed by atoms with E-state index in [2.05, 4.69) is 42.9 Å². The lowest BCUT2D eigenvalue weighted by Crippen LogP contribution is -2.47. The fraction of sp³-hybridized carbons (Fsp3) is 0.786. The second-order valence-electron chi connectivity index (χ2n) is 5.37. The van der Waals surface area contributed by atoms with Crippen molar-refractivity contribution >= 4 is 16.5 Å². The molecule has 1 aliphatic heterocycles.